The zero-order valence-electron chi connectivity index (χ0n) is 12.2. The number of aromatic nitrogens is 1. The highest BCUT2D eigenvalue weighted by Crippen LogP contribution is 2.36. The van der Waals surface area contributed by atoms with E-state index in [1.54, 1.807) is 36.2 Å². The topological polar surface area (TPSA) is 72.8 Å². The first-order chi connectivity index (χ1) is 11.1. The number of nitrogens with zero attached hydrogens (tertiary/aromatic N) is 4. The molecule has 0 spiro atoms. The van der Waals surface area contributed by atoms with Crippen LogP contribution >= 0.6 is 11.6 Å². The van der Waals surface area contributed by atoms with Crippen LogP contribution in [0.15, 0.2) is 40.7 Å². The molecule has 3 rings (SSSR count). The summed E-state index contributed by atoms with van der Waals surface area (Å²) < 4.78 is 1.34. The van der Waals surface area contributed by atoms with Crippen molar-refractivity contribution < 1.29 is 0 Å². The van der Waals surface area contributed by atoms with Gasteiger partial charge in [-0.05, 0) is 5.56 Å². The van der Waals surface area contributed by atoms with Gasteiger partial charge in [0.25, 0.3) is 5.56 Å². The number of likely N-dealkylation sites (N-methyl/N-ethyl adjacent to an activating group) is 1. The van der Waals surface area contributed by atoms with E-state index in [2.05, 4.69) is 6.07 Å². The van der Waals surface area contributed by atoms with Crippen LogP contribution in [0.25, 0.3) is 16.8 Å². The third-order valence-corrected chi connectivity index (χ3v) is 4.06. The molecule has 6 heteroatoms. The lowest BCUT2D eigenvalue weighted by Gasteiger charge is -2.16. The van der Waals surface area contributed by atoms with Crippen molar-refractivity contribution in [1.29, 1.82) is 10.5 Å². The Morgan fingerprint density at radius 1 is 1.17 bits per heavy atom. The SMILES string of the molecule is CN1C/C(=C\Cl)n2c1c(C#N)c(-c1ccccc1)c(C#N)c2=O. The van der Waals surface area contributed by atoms with Gasteiger partial charge in [-0.2, -0.15) is 10.5 Å². The maximum absolute atomic E-state index is 12.8. The van der Waals surface area contributed by atoms with Gasteiger partial charge in [-0.25, -0.2) is 0 Å². The van der Waals surface area contributed by atoms with Crippen molar-refractivity contribution in [3.63, 3.8) is 0 Å². The summed E-state index contributed by atoms with van der Waals surface area (Å²) in [4.78, 5) is 14.6. The molecule has 112 valence electrons. The van der Waals surface area contributed by atoms with Gasteiger partial charge in [0, 0.05) is 18.1 Å². The van der Waals surface area contributed by atoms with Crippen LogP contribution in [0.2, 0.25) is 0 Å². The molecular formula is C17H11ClN4O. The molecule has 1 aliphatic heterocycles. The average Bonchev–Trinajstić information content (AvgIpc) is 2.92. The molecule has 0 saturated carbocycles. The van der Waals surface area contributed by atoms with E-state index >= 15 is 0 Å². The standard InChI is InChI=1S/C17H11ClN4O/c1-21-10-12(7-18)22-16(21)13(8-19)15(14(9-20)17(22)23)11-5-3-2-4-6-11/h2-7H,10H2,1H3/b12-7+. The highest BCUT2D eigenvalue weighted by Gasteiger charge is 2.31. The van der Waals surface area contributed by atoms with Crippen LogP contribution in [0.3, 0.4) is 0 Å². The van der Waals surface area contributed by atoms with Crippen LogP contribution in [-0.4, -0.2) is 18.2 Å². The number of fused-ring (bicyclic) bond motifs is 1. The minimum absolute atomic E-state index is 0.0529. The molecule has 5 nitrogen and oxygen atoms in total. The molecule has 2 aromatic rings. The second-order valence-electron chi connectivity index (χ2n) is 5.14. The van der Waals surface area contributed by atoms with Gasteiger partial charge < -0.3 is 4.90 Å². The second-order valence-corrected chi connectivity index (χ2v) is 5.35. The minimum Gasteiger partial charge on any atom is -0.354 e. The van der Waals surface area contributed by atoms with E-state index in [0.717, 1.165) is 0 Å². The van der Waals surface area contributed by atoms with Crippen molar-refractivity contribution >= 4 is 23.1 Å². The monoisotopic (exact) mass is 322 g/mol. The first kappa shape index (κ1) is 14.9. The summed E-state index contributed by atoms with van der Waals surface area (Å²) in [6.45, 7) is 0.399. The maximum atomic E-state index is 12.8. The number of anilines is 1. The lowest BCUT2D eigenvalue weighted by molar-refractivity contribution is 1.03. The zero-order valence-corrected chi connectivity index (χ0v) is 13.0. The van der Waals surface area contributed by atoms with Crippen molar-refractivity contribution in [3.8, 4) is 23.3 Å². The largest absolute Gasteiger partial charge is 0.354 e. The van der Waals surface area contributed by atoms with Gasteiger partial charge >= 0.3 is 0 Å². The molecule has 0 fully saturated rings. The molecular weight excluding hydrogens is 312 g/mol. The predicted octanol–water partition coefficient (Wildman–Crippen LogP) is 2.75. The summed E-state index contributed by atoms with van der Waals surface area (Å²) >= 11 is 5.81. The molecule has 0 N–H and O–H groups in total. The van der Waals surface area contributed by atoms with Crippen LogP contribution in [0.4, 0.5) is 5.82 Å². The zero-order chi connectivity index (χ0) is 16.6. The average molecular weight is 323 g/mol. The predicted molar refractivity (Wildman–Crippen MR) is 89.0 cm³/mol. The van der Waals surface area contributed by atoms with E-state index in [1.165, 1.54) is 10.1 Å². The Hall–Kier alpha value is -3.02. The Labute approximate surface area is 137 Å². The molecule has 0 radical (unpaired) electrons. The van der Waals surface area contributed by atoms with E-state index in [1.807, 2.05) is 12.1 Å². The fourth-order valence-electron chi connectivity index (χ4n) is 2.87. The molecule has 1 aromatic carbocycles. The maximum Gasteiger partial charge on any atom is 0.275 e. The summed E-state index contributed by atoms with van der Waals surface area (Å²) in [7, 11) is 1.78. The van der Waals surface area contributed by atoms with Gasteiger partial charge in [0.2, 0.25) is 0 Å². The van der Waals surface area contributed by atoms with Crippen molar-refractivity contribution in [3.05, 3.63) is 57.3 Å². The number of pyridine rings is 1. The highest BCUT2D eigenvalue weighted by atomic mass is 35.5. The molecule has 0 saturated heterocycles. The molecule has 0 bridgehead atoms. The molecule has 2 heterocycles. The number of hydrogen-bond acceptors (Lipinski definition) is 4. The Morgan fingerprint density at radius 3 is 2.39 bits per heavy atom. The van der Waals surface area contributed by atoms with Crippen molar-refractivity contribution in [2.45, 2.75) is 0 Å². The van der Waals surface area contributed by atoms with E-state index in [4.69, 9.17) is 11.6 Å². The van der Waals surface area contributed by atoms with Crippen LogP contribution in [-0.2, 0) is 0 Å². The van der Waals surface area contributed by atoms with E-state index < -0.39 is 5.56 Å². The normalized spacial score (nSPS) is 14.4. The number of nitriles is 2. The summed E-state index contributed by atoms with van der Waals surface area (Å²) in [5, 5.41) is 19.2. The van der Waals surface area contributed by atoms with Crippen LogP contribution in [0.5, 0.6) is 0 Å². The minimum atomic E-state index is -0.461. The number of rotatable bonds is 1. The number of benzene rings is 1. The van der Waals surface area contributed by atoms with Gasteiger partial charge in [-0.15, -0.1) is 0 Å². The second kappa shape index (κ2) is 5.64. The van der Waals surface area contributed by atoms with Crippen LogP contribution in [0, 0.1) is 22.7 Å². The summed E-state index contributed by atoms with van der Waals surface area (Å²) in [6.07, 6.45) is 0. The molecule has 0 atom stereocenters. The van der Waals surface area contributed by atoms with Gasteiger partial charge in [0.05, 0.1) is 12.2 Å². The smallest absolute Gasteiger partial charge is 0.275 e. The first-order valence-electron chi connectivity index (χ1n) is 6.83. The van der Waals surface area contributed by atoms with E-state index in [0.29, 0.717) is 34.8 Å². The molecule has 0 amide bonds. The third kappa shape index (κ3) is 2.11. The Kier molecular flexibility index (Phi) is 3.65. The van der Waals surface area contributed by atoms with E-state index in [9.17, 15) is 15.3 Å². The van der Waals surface area contributed by atoms with Gasteiger partial charge in [-0.3, -0.25) is 9.36 Å². The molecule has 0 aliphatic carbocycles. The molecule has 1 aliphatic rings. The lowest BCUT2D eigenvalue weighted by atomic mass is 9.96. The lowest BCUT2D eigenvalue weighted by Crippen LogP contribution is -2.23. The first-order valence-corrected chi connectivity index (χ1v) is 7.27. The summed E-state index contributed by atoms with van der Waals surface area (Å²) in [5.41, 5.74) is 2.66. The fourth-order valence-corrected chi connectivity index (χ4v) is 3.03. The van der Waals surface area contributed by atoms with Gasteiger partial charge in [0.15, 0.2) is 0 Å². The van der Waals surface area contributed by atoms with Gasteiger partial charge in [0.1, 0.15) is 29.1 Å². The van der Waals surface area contributed by atoms with Crippen molar-refractivity contribution in [1.82, 2.24) is 4.57 Å². The Morgan fingerprint density at radius 2 is 1.83 bits per heavy atom. The molecule has 0 unspecified atom stereocenters. The van der Waals surface area contributed by atoms with Crippen molar-refractivity contribution in [2.24, 2.45) is 0 Å². The highest BCUT2D eigenvalue weighted by molar-refractivity contribution is 6.27. The van der Waals surface area contributed by atoms with E-state index in [-0.39, 0.29) is 5.56 Å². The molecule has 23 heavy (non-hydrogen) atoms. The number of halogens is 1. The summed E-state index contributed by atoms with van der Waals surface area (Å²) in [6, 6.07) is 13.1. The van der Waals surface area contributed by atoms with Crippen molar-refractivity contribution in [2.75, 3.05) is 18.5 Å². The fraction of sp³-hybridized carbons (Fsp3) is 0.118. The Balaban J connectivity index is 2.52. The quantitative estimate of drug-likeness (QED) is 0.809. The summed E-state index contributed by atoms with van der Waals surface area (Å²) in [5.74, 6) is 0.460. The van der Waals surface area contributed by atoms with Gasteiger partial charge in [-0.1, -0.05) is 41.9 Å². The van der Waals surface area contributed by atoms with Crippen LogP contribution in [0.1, 0.15) is 11.1 Å². The molecule has 1 aromatic heterocycles. The Bertz CT molecular complexity index is 961. The van der Waals surface area contributed by atoms with Crippen LogP contribution < -0.4 is 10.5 Å². The third-order valence-electron chi connectivity index (χ3n) is 3.81. The number of hydrogen-bond donors (Lipinski definition) is 0.